The van der Waals surface area contributed by atoms with Crippen molar-refractivity contribution >= 4 is 17.7 Å². The summed E-state index contributed by atoms with van der Waals surface area (Å²) in [4.78, 5) is 22.2. The van der Waals surface area contributed by atoms with Crippen LogP contribution in [0.3, 0.4) is 0 Å². The summed E-state index contributed by atoms with van der Waals surface area (Å²) in [5.74, 6) is -2.45. The van der Waals surface area contributed by atoms with Crippen LogP contribution in [0.1, 0.15) is 5.56 Å². The highest BCUT2D eigenvalue weighted by molar-refractivity contribution is 5.91. The number of hydrogen-bond donors (Lipinski definition) is 2. The highest BCUT2D eigenvalue weighted by Crippen LogP contribution is 2.19. The number of hydrogen-bond acceptors (Lipinski definition) is 2. The Morgan fingerprint density at radius 3 is 2.48 bits per heavy atom. The minimum absolute atomic E-state index is 0.0319. The zero-order valence-corrected chi connectivity index (χ0v) is 10.9. The lowest BCUT2D eigenvalue weighted by Crippen LogP contribution is -2.44. The predicted molar refractivity (Wildman–Crippen MR) is 65.4 cm³/mol. The number of alkyl halides is 3. The first-order valence-corrected chi connectivity index (χ1v) is 5.69. The standard InChI is InChI=1S/C12H12F4N2O3/c1-7-2-3-8(13)9(4-7)17-11(21)18(5-10(19)20)6-12(14,15)16/h2-4H,5-6H2,1H3,(H,17,21)(H,19,20). The Morgan fingerprint density at radius 2 is 1.95 bits per heavy atom. The van der Waals surface area contributed by atoms with E-state index in [1.165, 1.54) is 12.1 Å². The maximum absolute atomic E-state index is 13.4. The number of benzene rings is 1. The van der Waals surface area contributed by atoms with Gasteiger partial charge in [0.1, 0.15) is 18.9 Å². The van der Waals surface area contributed by atoms with E-state index in [9.17, 15) is 27.2 Å². The van der Waals surface area contributed by atoms with E-state index in [1.807, 2.05) is 5.32 Å². The molecule has 0 bridgehead atoms. The van der Waals surface area contributed by atoms with Crippen molar-refractivity contribution in [2.24, 2.45) is 0 Å². The number of nitrogens with one attached hydrogen (secondary N) is 1. The van der Waals surface area contributed by atoms with Crippen molar-refractivity contribution in [3.8, 4) is 0 Å². The van der Waals surface area contributed by atoms with Crippen LogP contribution in [0, 0.1) is 12.7 Å². The molecule has 1 aromatic rings. The van der Waals surface area contributed by atoms with Crippen LogP contribution in [0.25, 0.3) is 0 Å². The molecule has 116 valence electrons. The van der Waals surface area contributed by atoms with E-state index in [4.69, 9.17) is 5.11 Å². The summed E-state index contributed by atoms with van der Waals surface area (Å²) in [6.07, 6.45) is -4.77. The molecule has 0 spiro atoms. The summed E-state index contributed by atoms with van der Waals surface area (Å²) in [6.45, 7) is -1.31. The number of anilines is 1. The molecule has 0 saturated heterocycles. The van der Waals surface area contributed by atoms with Crippen molar-refractivity contribution in [1.82, 2.24) is 4.90 Å². The number of rotatable bonds is 4. The fraction of sp³-hybridized carbons (Fsp3) is 0.333. The third-order valence-corrected chi connectivity index (χ3v) is 2.35. The third-order valence-electron chi connectivity index (χ3n) is 2.35. The van der Waals surface area contributed by atoms with Gasteiger partial charge in [-0.3, -0.25) is 4.79 Å². The van der Waals surface area contributed by atoms with Crippen LogP contribution in [0.15, 0.2) is 18.2 Å². The number of carboxylic acids is 1. The fourth-order valence-electron chi connectivity index (χ4n) is 1.51. The number of nitrogens with zero attached hydrogens (tertiary/aromatic N) is 1. The summed E-state index contributed by atoms with van der Waals surface area (Å²) in [6, 6.07) is 2.32. The Labute approximate surface area is 117 Å². The highest BCUT2D eigenvalue weighted by Gasteiger charge is 2.34. The average Bonchev–Trinajstić information content (AvgIpc) is 2.30. The second-order valence-electron chi connectivity index (χ2n) is 4.28. The Bertz CT molecular complexity index is 546. The molecule has 0 aliphatic carbocycles. The number of urea groups is 1. The van der Waals surface area contributed by atoms with Gasteiger partial charge in [0.2, 0.25) is 0 Å². The fourth-order valence-corrected chi connectivity index (χ4v) is 1.51. The van der Waals surface area contributed by atoms with Crippen LogP contribution in [0.5, 0.6) is 0 Å². The number of aliphatic carboxylic acids is 1. The Balaban J connectivity index is 2.89. The van der Waals surface area contributed by atoms with Crippen molar-refractivity contribution in [2.75, 3.05) is 18.4 Å². The van der Waals surface area contributed by atoms with Crippen LogP contribution in [-0.4, -0.2) is 41.3 Å². The summed E-state index contributed by atoms with van der Waals surface area (Å²) in [5, 5.41) is 10.5. The number of halogens is 4. The van der Waals surface area contributed by atoms with Gasteiger partial charge in [-0.05, 0) is 24.6 Å². The highest BCUT2D eigenvalue weighted by atomic mass is 19.4. The van der Waals surface area contributed by atoms with Crippen molar-refractivity contribution in [2.45, 2.75) is 13.1 Å². The maximum Gasteiger partial charge on any atom is 0.406 e. The molecule has 21 heavy (non-hydrogen) atoms. The van der Waals surface area contributed by atoms with Gasteiger partial charge >= 0.3 is 18.2 Å². The number of carbonyl (C=O) groups excluding carboxylic acids is 1. The SMILES string of the molecule is Cc1ccc(F)c(NC(=O)N(CC(=O)O)CC(F)(F)F)c1. The first-order valence-electron chi connectivity index (χ1n) is 5.69. The normalized spacial score (nSPS) is 11.1. The van der Waals surface area contributed by atoms with Gasteiger partial charge in [-0.25, -0.2) is 9.18 Å². The smallest absolute Gasteiger partial charge is 0.406 e. The average molecular weight is 308 g/mol. The second-order valence-corrected chi connectivity index (χ2v) is 4.28. The molecule has 2 N–H and O–H groups in total. The molecular formula is C12H12F4N2O3. The molecule has 5 nitrogen and oxygen atoms in total. The number of aryl methyl sites for hydroxylation is 1. The Morgan fingerprint density at radius 1 is 1.33 bits per heavy atom. The Kier molecular flexibility index (Phi) is 5.12. The first kappa shape index (κ1) is 16.7. The van der Waals surface area contributed by atoms with Crippen LogP contribution in [0.2, 0.25) is 0 Å². The molecule has 0 aliphatic rings. The summed E-state index contributed by atoms with van der Waals surface area (Å²) < 4.78 is 50.4. The topological polar surface area (TPSA) is 69.6 Å². The van der Waals surface area contributed by atoms with Gasteiger partial charge in [-0.1, -0.05) is 6.07 Å². The lowest BCUT2D eigenvalue weighted by atomic mass is 10.2. The maximum atomic E-state index is 13.4. The quantitative estimate of drug-likeness (QED) is 0.840. The van der Waals surface area contributed by atoms with E-state index in [-0.39, 0.29) is 10.6 Å². The zero-order chi connectivity index (χ0) is 16.2. The van der Waals surface area contributed by atoms with Crippen molar-refractivity contribution in [1.29, 1.82) is 0 Å². The van der Waals surface area contributed by atoms with Gasteiger partial charge < -0.3 is 15.3 Å². The van der Waals surface area contributed by atoms with E-state index in [0.29, 0.717) is 5.56 Å². The van der Waals surface area contributed by atoms with Gasteiger partial charge in [-0.15, -0.1) is 0 Å². The lowest BCUT2D eigenvalue weighted by Gasteiger charge is -2.22. The minimum Gasteiger partial charge on any atom is -0.480 e. The number of amides is 2. The third kappa shape index (κ3) is 5.67. The van der Waals surface area contributed by atoms with Crippen LogP contribution < -0.4 is 5.32 Å². The molecule has 0 aromatic heterocycles. The summed E-state index contributed by atoms with van der Waals surface area (Å²) in [5.41, 5.74) is 0.255. The molecule has 0 aliphatic heterocycles. The van der Waals surface area contributed by atoms with Crippen LogP contribution in [0.4, 0.5) is 28.0 Å². The van der Waals surface area contributed by atoms with Crippen LogP contribution in [-0.2, 0) is 4.79 Å². The molecule has 0 radical (unpaired) electrons. The molecule has 9 heteroatoms. The van der Waals surface area contributed by atoms with E-state index in [1.54, 1.807) is 6.92 Å². The lowest BCUT2D eigenvalue weighted by molar-refractivity contribution is -0.148. The number of carboxylic acid groups (broad SMARTS) is 1. The van der Waals surface area contributed by atoms with Gasteiger partial charge in [0.25, 0.3) is 0 Å². The molecule has 0 heterocycles. The van der Waals surface area contributed by atoms with E-state index in [2.05, 4.69) is 0 Å². The summed E-state index contributed by atoms with van der Waals surface area (Å²) >= 11 is 0. The van der Waals surface area contributed by atoms with Gasteiger partial charge in [-0.2, -0.15) is 13.2 Å². The predicted octanol–water partition coefficient (Wildman–Crippen LogP) is 2.61. The van der Waals surface area contributed by atoms with Crippen molar-refractivity contribution < 1.29 is 32.3 Å². The Hall–Kier alpha value is -2.32. The zero-order valence-electron chi connectivity index (χ0n) is 10.9. The molecule has 2 amide bonds. The van der Waals surface area contributed by atoms with Crippen LogP contribution >= 0.6 is 0 Å². The molecule has 0 unspecified atom stereocenters. The molecule has 1 aromatic carbocycles. The molecule has 0 saturated carbocycles. The second kappa shape index (κ2) is 6.42. The minimum atomic E-state index is -4.77. The number of carbonyl (C=O) groups is 2. The van der Waals surface area contributed by atoms with E-state index in [0.717, 1.165) is 6.07 Å². The monoisotopic (exact) mass is 308 g/mol. The molecule has 0 atom stereocenters. The van der Waals surface area contributed by atoms with E-state index < -0.39 is 37.1 Å². The molecular weight excluding hydrogens is 296 g/mol. The van der Waals surface area contributed by atoms with Crippen molar-refractivity contribution in [3.63, 3.8) is 0 Å². The van der Waals surface area contributed by atoms with E-state index >= 15 is 0 Å². The van der Waals surface area contributed by atoms with Gasteiger partial charge in [0.05, 0.1) is 5.69 Å². The molecule has 0 fully saturated rings. The van der Waals surface area contributed by atoms with Gasteiger partial charge in [0.15, 0.2) is 0 Å². The largest absolute Gasteiger partial charge is 0.480 e. The first-order chi connectivity index (χ1) is 9.58. The van der Waals surface area contributed by atoms with Crippen molar-refractivity contribution in [3.05, 3.63) is 29.6 Å². The molecule has 1 rings (SSSR count). The van der Waals surface area contributed by atoms with Gasteiger partial charge in [0, 0.05) is 0 Å². The summed E-state index contributed by atoms with van der Waals surface area (Å²) in [7, 11) is 0.